The Morgan fingerprint density at radius 1 is 1.36 bits per heavy atom. The van der Waals surface area contributed by atoms with E-state index in [1.807, 2.05) is 0 Å². The van der Waals surface area contributed by atoms with Crippen molar-refractivity contribution in [3.8, 4) is 0 Å². The summed E-state index contributed by atoms with van der Waals surface area (Å²) in [6.07, 6.45) is 7.72. The molecule has 11 heavy (non-hydrogen) atoms. The first kappa shape index (κ1) is 8.83. The summed E-state index contributed by atoms with van der Waals surface area (Å²) in [7, 11) is 0. The third kappa shape index (κ3) is 1.40. The highest BCUT2D eigenvalue weighted by atomic mass is 79.9. The Balaban J connectivity index is 2.17. The Morgan fingerprint density at radius 2 is 2.18 bits per heavy atom. The van der Waals surface area contributed by atoms with Gasteiger partial charge in [0.15, 0.2) is 0 Å². The standard InChI is InChI=1S/C9H15.BrH.Mg/c1-7-2-3-8-4-5-9(7)6-8;;/h7-8H,2-6H2,1H3;1H;/q;;+1/p-1. The van der Waals surface area contributed by atoms with Crippen LogP contribution in [0.5, 0.6) is 0 Å². The van der Waals surface area contributed by atoms with Gasteiger partial charge >= 0.3 is 18.2 Å². The summed E-state index contributed by atoms with van der Waals surface area (Å²) >= 11 is 3.90. The van der Waals surface area contributed by atoms with Gasteiger partial charge in [-0.05, 0) is 5.92 Å². The van der Waals surface area contributed by atoms with E-state index < -0.39 is 0 Å². The normalized spacial score (nSPS) is 48.9. The lowest BCUT2D eigenvalue weighted by Crippen LogP contribution is -2.26. The van der Waals surface area contributed by atoms with Crippen molar-refractivity contribution in [1.29, 1.82) is 0 Å². The molecule has 2 aliphatic rings. The zero-order valence-corrected chi connectivity index (χ0v) is 10.3. The zero-order chi connectivity index (χ0) is 7.90. The number of fused-ring (bicyclic) bond motifs is 2. The third-order valence-electron chi connectivity index (χ3n) is 4.07. The van der Waals surface area contributed by atoms with Crippen molar-refractivity contribution in [3.63, 3.8) is 0 Å². The molecule has 0 spiro atoms. The molecular weight excluding hydrogens is 212 g/mol. The number of rotatable bonds is 1. The summed E-state index contributed by atoms with van der Waals surface area (Å²) in [5.41, 5.74) is 0. The molecule has 2 bridgehead atoms. The fourth-order valence-corrected chi connectivity index (χ4v) is 7.52. The van der Waals surface area contributed by atoms with Gasteiger partial charge in [0.25, 0.3) is 0 Å². The zero-order valence-electron chi connectivity index (χ0n) is 7.28. The van der Waals surface area contributed by atoms with Gasteiger partial charge in [-0.3, -0.25) is 0 Å². The molecule has 0 radical (unpaired) electrons. The second kappa shape index (κ2) is 3.19. The molecule has 2 fully saturated rings. The van der Waals surface area contributed by atoms with Crippen LogP contribution in [0.4, 0.5) is 0 Å². The number of halogens is 1. The molecule has 3 atom stereocenters. The molecule has 2 heteroatoms. The van der Waals surface area contributed by atoms with Crippen LogP contribution in [0.1, 0.15) is 39.0 Å². The van der Waals surface area contributed by atoms with Gasteiger partial charge in [0.05, 0.1) is 0 Å². The van der Waals surface area contributed by atoms with E-state index in [4.69, 9.17) is 0 Å². The van der Waals surface area contributed by atoms with E-state index in [-0.39, 0.29) is 18.2 Å². The van der Waals surface area contributed by atoms with Gasteiger partial charge in [0.1, 0.15) is 0 Å². The van der Waals surface area contributed by atoms with Gasteiger partial charge in [-0.25, -0.2) is 0 Å². The SMILES string of the molecule is CC1CCC2CC[C]1([Mg][Br])C2. The predicted octanol–water partition coefficient (Wildman–Crippen LogP) is 3.39. The molecule has 0 aromatic carbocycles. The smallest absolute Gasteiger partial charge is 0.306 e. The van der Waals surface area contributed by atoms with E-state index in [9.17, 15) is 0 Å². The Morgan fingerprint density at radius 3 is 2.82 bits per heavy atom. The molecule has 0 heterocycles. The molecule has 0 N–H and O–H groups in total. The lowest BCUT2D eigenvalue weighted by atomic mass is 9.80. The monoisotopic (exact) mass is 226 g/mol. The van der Waals surface area contributed by atoms with E-state index in [0.717, 1.165) is 15.4 Å². The Bertz CT molecular complexity index is 160. The van der Waals surface area contributed by atoms with Crippen molar-refractivity contribution < 1.29 is 0 Å². The molecule has 2 rings (SSSR count). The van der Waals surface area contributed by atoms with Crippen LogP contribution in [0.25, 0.3) is 0 Å². The van der Waals surface area contributed by atoms with Crippen molar-refractivity contribution in [2.45, 2.75) is 42.6 Å². The molecule has 0 nitrogen and oxygen atoms in total. The molecule has 0 aromatic heterocycles. The summed E-state index contributed by atoms with van der Waals surface area (Å²) in [6.45, 7) is 2.48. The predicted molar refractivity (Wildman–Crippen MR) is 53.1 cm³/mol. The summed E-state index contributed by atoms with van der Waals surface area (Å²) in [6, 6.07) is 0. The van der Waals surface area contributed by atoms with Crippen LogP contribution in [-0.4, -0.2) is 18.2 Å². The maximum absolute atomic E-state index is 3.83. The highest BCUT2D eigenvalue weighted by molar-refractivity contribution is 9.23. The maximum atomic E-state index is 3.83. The molecular formula is C9H15BrMg. The van der Waals surface area contributed by atoms with Crippen LogP contribution < -0.4 is 0 Å². The van der Waals surface area contributed by atoms with E-state index in [0.29, 0.717) is 0 Å². The first-order chi connectivity index (χ1) is 5.27. The minimum Gasteiger partial charge on any atom is -0.306 e. The molecule has 0 amide bonds. The maximum Gasteiger partial charge on any atom is 0.475 e. The Kier molecular flexibility index (Phi) is 2.56. The minimum absolute atomic E-state index is 0.0681. The third-order valence-corrected chi connectivity index (χ3v) is 9.29. The fraction of sp³-hybridized carbons (Fsp3) is 1.00. The van der Waals surface area contributed by atoms with Gasteiger partial charge in [-0.2, -0.15) is 0 Å². The number of hydrogen-bond acceptors (Lipinski definition) is 0. The van der Waals surface area contributed by atoms with Crippen LogP contribution in [0, 0.1) is 11.8 Å². The van der Waals surface area contributed by atoms with Crippen molar-refractivity contribution in [1.82, 2.24) is 0 Å². The summed E-state index contributed by atoms with van der Waals surface area (Å²) in [4.78, 5) is 0. The van der Waals surface area contributed by atoms with Crippen LogP contribution in [0.2, 0.25) is 3.54 Å². The second-order valence-corrected chi connectivity index (χ2v) is 7.94. The van der Waals surface area contributed by atoms with E-state index in [2.05, 4.69) is 19.8 Å². The number of hydrogen-bond donors (Lipinski definition) is 0. The first-order valence-electron chi connectivity index (χ1n) is 4.83. The van der Waals surface area contributed by atoms with Crippen molar-refractivity contribution in [2.24, 2.45) is 11.8 Å². The largest absolute Gasteiger partial charge is 0.475 e. The molecule has 0 aliphatic heterocycles. The second-order valence-electron chi connectivity index (χ2n) is 4.58. The lowest BCUT2D eigenvalue weighted by Gasteiger charge is -2.38. The van der Waals surface area contributed by atoms with Gasteiger partial charge in [0.2, 0.25) is 0 Å². The van der Waals surface area contributed by atoms with Crippen molar-refractivity contribution in [3.05, 3.63) is 0 Å². The average molecular weight is 227 g/mol. The summed E-state index contributed by atoms with van der Waals surface area (Å²) in [5, 5.41) is 0. The Hall–Kier alpha value is 1.25. The lowest BCUT2D eigenvalue weighted by molar-refractivity contribution is 0.281. The quantitative estimate of drug-likeness (QED) is 0.602. The van der Waals surface area contributed by atoms with Crippen molar-refractivity contribution >= 4 is 31.1 Å². The van der Waals surface area contributed by atoms with Crippen molar-refractivity contribution in [2.75, 3.05) is 0 Å². The molecule has 2 saturated carbocycles. The Labute approximate surface area is 85.1 Å². The first-order valence-corrected chi connectivity index (χ1v) is 9.43. The molecule has 60 valence electrons. The van der Waals surface area contributed by atoms with Crippen LogP contribution >= 0.6 is 12.9 Å². The van der Waals surface area contributed by atoms with Gasteiger partial charge in [-0.15, -0.1) is 3.54 Å². The van der Waals surface area contributed by atoms with E-state index >= 15 is 0 Å². The van der Waals surface area contributed by atoms with Gasteiger partial charge < -0.3 is 12.9 Å². The van der Waals surface area contributed by atoms with E-state index in [1.165, 1.54) is 12.8 Å². The van der Waals surface area contributed by atoms with E-state index in [1.54, 1.807) is 19.3 Å². The minimum atomic E-state index is 0.0681. The molecule has 3 unspecified atom stereocenters. The highest BCUT2D eigenvalue weighted by Gasteiger charge is 2.45. The average Bonchev–Trinajstić information content (AvgIpc) is 2.39. The summed E-state index contributed by atoms with van der Waals surface area (Å²) < 4.78 is 0.850. The van der Waals surface area contributed by atoms with Crippen LogP contribution in [0.15, 0.2) is 0 Å². The topological polar surface area (TPSA) is 0 Å². The van der Waals surface area contributed by atoms with Crippen LogP contribution in [-0.2, 0) is 0 Å². The van der Waals surface area contributed by atoms with Gasteiger partial charge in [-0.1, -0.05) is 44.9 Å². The highest BCUT2D eigenvalue weighted by Crippen LogP contribution is 2.59. The van der Waals surface area contributed by atoms with Gasteiger partial charge in [0, 0.05) is 0 Å². The molecule has 0 saturated heterocycles. The van der Waals surface area contributed by atoms with Crippen LogP contribution in [0.3, 0.4) is 0 Å². The fourth-order valence-electron chi connectivity index (χ4n) is 3.01. The molecule has 0 aromatic rings. The molecule has 2 aliphatic carbocycles. The summed E-state index contributed by atoms with van der Waals surface area (Å²) in [5.74, 6) is 2.16.